The van der Waals surface area contributed by atoms with E-state index in [9.17, 15) is 14.4 Å². The molecule has 1 N–H and O–H groups in total. The number of nitrogens with one attached hydrogen (secondary N) is 1. The molecule has 7 heteroatoms. The van der Waals surface area contributed by atoms with Gasteiger partial charge in [0.15, 0.2) is 0 Å². The quantitative estimate of drug-likeness (QED) is 0.475. The van der Waals surface area contributed by atoms with Gasteiger partial charge >= 0.3 is 0 Å². The predicted octanol–water partition coefficient (Wildman–Crippen LogP) is 5.77. The number of benzene rings is 3. The molecule has 0 aliphatic carbocycles. The zero-order chi connectivity index (χ0) is 23.4. The van der Waals surface area contributed by atoms with Crippen molar-refractivity contribution in [1.82, 2.24) is 0 Å². The van der Waals surface area contributed by atoms with Crippen molar-refractivity contribution in [2.45, 2.75) is 20.5 Å². The average Bonchev–Trinajstić information content (AvgIpc) is 3.07. The molecule has 0 spiro atoms. The van der Waals surface area contributed by atoms with Crippen LogP contribution in [0.25, 0.3) is 6.08 Å². The third kappa shape index (κ3) is 5.51. The molecule has 0 radical (unpaired) electrons. The van der Waals surface area contributed by atoms with Crippen LogP contribution in [0.1, 0.15) is 23.6 Å². The number of carbonyl (C=O) groups is 3. The summed E-state index contributed by atoms with van der Waals surface area (Å²) >= 11 is 0.897. The standard InChI is InChI=1S/C26H22N2O4S/c1-17-3-5-20(6-4-17)16-32-23-13-7-19(8-14-23)15-24-25(30)28(26(31)33-24)22-11-9-21(10-12-22)27-18(2)29/h3-15H,16H2,1-2H3,(H,27,29)/b24-15-. The lowest BCUT2D eigenvalue weighted by Crippen LogP contribution is -2.27. The van der Waals surface area contributed by atoms with E-state index < -0.39 is 0 Å². The molecule has 33 heavy (non-hydrogen) atoms. The van der Waals surface area contributed by atoms with Crippen LogP contribution < -0.4 is 15.0 Å². The largest absolute Gasteiger partial charge is 0.489 e. The first-order valence-corrected chi connectivity index (χ1v) is 11.1. The smallest absolute Gasteiger partial charge is 0.298 e. The lowest BCUT2D eigenvalue weighted by atomic mass is 10.1. The molecule has 1 aliphatic heterocycles. The van der Waals surface area contributed by atoms with E-state index in [0.29, 0.717) is 22.9 Å². The van der Waals surface area contributed by atoms with Crippen LogP contribution in [0.5, 0.6) is 5.75 Å². The Morgan fingerprint density at radius 2 is 1.64 bits per heavy atom. The lowest BCUT2D eigenvalue weighted by Gasteiger charge is -2.13. The molecule has 1 aliphatic rings. The van der Waals surface area contributed by atoms with Crippen molar-refractivity contribution in [2.24, 2.45) is 0 Å². The monoisotopic (exact) mass is 458 g/mol. The highest BCUT2D eigenvalue weighted by atomic mass is 32.2. The Morgan fingerprint density at radius 3 is 2.27 bits per heavy atom. The lowest BCUT2D eigenvalue weighted by molar-refractivity contribution is -0.114. The third-order valence-corrected chi connectivity index (χ3v) is 5.81. The Balaban J connectivity index is 1.42. The minimum Gasteiger partial charge on any atom is -0.489 e. The topological polar surface area (TPSA) is 75.7 Å². The number of carbonyl (C=O) groups excluding carboxylic acids is 3. The normalized spacial score (nSPS) is 14.6. The van der Waals surface area contributed by atoms with Crippen molar-refractivity contribution >= 4 is 46.3 Å². The van der Waals surface area contributed by atoms with Gasteiger partial charge in [0.2, 0.25) is 5.91 Å². The minimum atomic E-state index is -0.378. The van der Waals surface area contributed by atoms with E-state index in [1.54, 1.807) is 30.3 Å². The first-order chi connectivity index (χ1) is 15.9. The van der Waals surface area contributed by atoms with Gasteiger partial charge in [0.25, 0.3) is 11.1 Å². The Bertz CT molecular complexity index is 1220. The van der Waals surface area contributed by atoms with Gasteiger partial charge < -0.3 is 10.1 Å². The highest BCUT2D eigenvalue weighted by Gasteiger charge is 2.36. The molecular formula is C26H22N2O4S. The second kappa shape index (κ2) is 9.75. The number of ether oxygens (including phenoxy) is 1. The summed E-state index contributed by atoms with van der Waals surface area (Å²) in [5.74, 6) is 0.153. The van der Waals surface area contributed by atoms with Crippen LogP contribution in [0.3, 0.4) is 0 Å². The van der Waals surface area contributed by atoms with E-state index in [-0.39, 0.29) is 17.1 Å². The average molecular weight is 459 g/mol. The van der Waals surface area contributed by atoms with Gasteiger partial charge in [0, 0.05) is 12.6 Å². The number of aryl methyl sites for hydroxylation is 1. The summed E-state index contributed by atoms with van der Waals surface area (Å²) < 4.78 is 5.82. The molecule has 0 bridgehead atoms. The second-order valence-corrected chi connectivity index (χ2v) is 8.58. The third-order valence-electron chi connectivity index (χ3n) is 4.94. The molecule has 0 atom stereocenters. The van der Waals surface area contributed by atoms with Gasteiger partial charge in [-0.25, -0.2) is 4.90 Å². The number of hydrogen-bond acceptors (Lipinski definition) is 5. The van der Waals surface area contributed by atoms with Crippen molar-refractivity contribution < 1.29 is 19.1 Å². The van der Waals surface area contributed by atoms with Gasteiger partial charge in [-0.1, -0.05) is 42.0 Å². The first-order valence-electron chi connectivity index (χ1n) is 10.3. The summed E-state index contributed by atoms with van der Waals surface area (Å²) in [5, 5.41) is 2.29. The molecule has 3 aromatic carbocycles. The number of rotatable bonds is 6. The van der Waals surface area contributed by atoms with E-state index in [1.807, 2.05) is 55.5 Å². The number of nitrogens with zero attached hydrogens (tertiary/aromatic N) is 1. The second-order valence-electron chi connectivity index (χ2n) is 7.59. The number of imide groups is 1. The van der Waals surface area contributed by atoms with Crippen LogP contribution in [0.2, 0.25) is 0 Å². The summed E-state index contributed by atoms with van der Waals surface area (Å²) in [4.78, 5) is 38.0. The Morgan fingerprint density at radius 1 is 0.970 bits per heavy atom. The fraction of sp³-hybridized carbons (Fsp3) is 0.115. The summed E-state index contributed by atoms with van der Waals surface area (Å²) in [6.45, 7) is 3.93. The van der Waals surface area contributed by atoms with Crippen molar-refractivity contribution in [3.63, 3.8) is 0 Å². The minimum absolute atomic E-state index is 0.191. The van der Waals surface area contributed by atoms with Crippen LogP contribution in [0.15, 0.2) is 77.7 Å². The van der Waals surface area contributed by atoms with Gasteiger partial charge in [-0.3, -0.25) is 14.4 Å². The number of hydrogen-bond donors (Lipinski definition) is 1. The summed E-state index contributed by atoms with van der Waals surface area (Å²) in [7, 11) is 0. The maximum Gasteiger partial charge on any atom is 0.298 e. The summed E-state index contributed by atoms with van der Waals surface area (Å²) in [6, 6.07) is 22.1. The van der Waals surface area contributed by atoms with E-state index in [2.05, 4.69) is 5.32 Å². The van der Waals surface area contributed by atoms with Crippen molar-refractivity contribution in [2.75, 3.05) is 10.2 Å². The van der Waals surface area contributed by atoms with Crippen molar-refractivity contribution in [3.8, 4) is 5.75 Å². The van der Waals surface area contributed by atoms with Gasteiger partial charge in [0.1, 0.15) is 12.4 Å². The zero-order valence-corrected chi connectivity index (χ0v) is 19.0. The van der Waals surface area contributed by atoms with Crippen molar-refractivity contribution in [1.29, 1.82) is 0 Å². The highest BCUT2D eigenvalue weighted by molar-refractivity contribution is 8.19. The zero-order valence-electron chi connectivity index (χ0n) is 18.2. The van der Waals surface area contributed by atoms with Crippen LogP contribution >= 0.6 is 11.8 Å². The van der Waals surface area contributed by atoms with E-state index >= 15 is 0 Å². The van der Waals surface area contributed by atoms with Gasteiger partial charge in [-0.05, 0) is 72.3 Å². The number of anilines is 2. The fourth-order valence-electron chi connectivity index (χ4n) is 3.25. The maximum absolute atomic E-state index is 12.9. The first kappa shape index (κ1) is 22.4. The molecule has 0 saturated carbocycles. The molecule has 0 aromatic heterocycles. The molecule has 6 nitrogen and oxygen atoms in total. The van der Waals surface area contributed by atoms with Crippen LogP contribution in [-0.2, 0) is 16.2 Å². The van der Waals surface area contributed by atoms with E-state index in [0.717, 1.165) is 33.5 Å². The van der Waals surface area contributed by atoms with Gasteiger partial charge in [-0.15, -0.1) is 0 Å². The number of thioether (sulfide) groups is 1. The fourth-order valence-corrected chi connectivity index (χ4v) is 4.09. The maximum atomic E-state index is 12.9. The Kier molecular flexibility index (Phi) is 6.60. The molecule has 3 aromatic rings. The van der Waals surface area contributed by atoms with Crippen LogP contribution in [-0.4, -0.2) is 17.1 Å². The SMILES string of the molecule is CC(=O)Nc1ccc(N2C(=O)S/C(=C\c3ccc(OCc4ccc(C)cc4)cc3)C2=O)cc1. The molecule has 166 valence electrons. The van der Waals surface area contributed by atoms with Gasteiger partial charge in [0.05, 0.1) is 10.6 Å². The van der Waals surface area contributed by atoms with Crippen molar-refractivity contribution in [3.05, 3.63) is 94.4 Å². The van der Waals surface area contributed by atoms with E-state index in [4.69, 9.17) is 4.74 Å². The summed E-state index contributed by atoms with van der Waals surface area (Å²) in [6.07, 6.45) is 1.69. The molecule has 1 saturated heterocycles. The van der Waals surface area contributed by atoms with Crippen LogP contribution in [0.4, 0.5) is 16.2 Å². The van der Waals surface area contributed by atoms with Gasteiger partial charge in [-0.2, -0.15) is 0 Å². The van der Waals surface area contributed by atoms with Crippen LogP contribution in [0, 0.1) is 6.92 Å². The molecule has 3 amide bonds. The Hall–Kier alpha value is -3.84. The predicted molar refractivity (Wildman–Crippen MR) is 131 cm³/mol. The molecule has 0 unspecified atom stereocenters. The molecule has 1 fully saturated rings. The number of amides is 3. The molecule has 1 heterocycles. The van der Waals surface area contributed by atoms with E-state index in [1.165, 1.54) is 12.5 Å². The highest BCUT2D eigenvalue weighted by Crippen LogP contribution is 2.36. The Labute approximate surface area is 196 Å². The molecular weight excluding hydrogens is 436 g/mol. The molecule has 4 rings (SSSR count). The summed E-state index contributed by atoms with van der Waals surface area (Å²) in [5.41, 5.74) is 4.13.